The van der Waals surface area contributed by atoms with Gasteiger partial charge >= 0.3 is 12.3 Å². The number of hydrogen-bond acceptors (Lipinski definition) is 2. The lowest BCUT2D eigenvalue weighted by molar-refractivity contribution is -0.148. The Morgan fingerprint density at radius 2 is 1.95 bits per heavy atom. The standard InChI is InChI=1S/C14H10F4NO/c15-13(16)14(17,18)9-20-12-7-2-1-5-10(12)11-6-3-4-8-19-11/h1-3,5-8,13H,9H2. The average Bonchev–Trinajstić information content (AvgIpc) is 2.46. The van der Waals surface area contributed by atoms with Crippen LogP contribution in [0, 0.1) is 6.07 Å². The fraction of sp³-hybridized carbons (Fsp3) is 0.214. The SMILES string of the molecule is FC(F)C(F)(F)COc1ccccc1-c1cc[c]cn1. The number of benzene rings is 1. The summed E-state index contributed by atoms with van der Waals surface area (Å²) < 4.78 is 54.8. The van der Waals surface area contributed by atoms with Gasteiger partial charge < -0.3 is 4.74 Å². The Morgan fingerprint density at radius 3 is 2.60 bits per heavy atom. The van der Waals surface area contributed by atoms with Gasteiger partial charge in [0, 0.05) is 17.8 Å². The van der Waals surface area contributed by atoms with E-state index >= 15 is 0 Å². The van der Waals surface area contributed by atoms with Crippen LogP contribution in [0.3, 0.4) is 0 Å². The first-order valence-corrected chi connectivity index (χ1v) is 5.71. The minimum Gasteiger partial charge on any atom is -0.486 e. The van der Waals surface area contributed by atoms with Crippen molar-refractivity contribution in [1.82, 2.24) is 4.98 Å². The maximum absolute atomic E-state index is 12.9. The molecule has 0 aliphatic heterocycles. The van der Waals surface area contributed by atoms with Crippen LogP contribution in [0.4, 0.5) is 17.6 Å². The molecule has 1 heterocycles. The van der Waals surface area contributed by atoms with E-state index in [-0.39, 0.29) is 5.75 Å². The molecule has 105 valence electrons. The summed E-state index contributed by atoms with van der Waals surface area (Å²) in [4.78, 5) is 4.02. The molecule has 0 fully saturated rings. The zero-order valence-corrected chi connectivity index (χ0v) is 10.2. The molecule has 0 atom stereocenters. The molecule has 1 radical (unpaired) electrons. The summed E-state index contributed by atoms with van der Waals surface area (Å²) in [6, 6.07) is 12.2. The van der Waals surface area contributed by atoms with Crippen molar-refractivity contribution in [2.24, 2.45) is 0 Å². The molecule has 0 N–H and O–H groups in total. The zero-order chi connectivity index (χ0) is 14.6. The highest BCUT2D eigenvalue weighted by molar-refractivity contribution is 5.66. The van der Waals surface area contributed by atoms with Crippen molar-refractivity contribution >= 4 is 0 Å². The molecular formula is C14H10F4NO. The van der Waals surface area contributed by atoms with Gasteiger partial charge in [-0.3, -0.25) is 4.98 Å². The number of halogens is 4. The van der Waals surface area contributed by atoms with Crippen molar-refractivity contribution in [2.45, 2.75) is 12.3 Å². The molecule has 0 spiro atoms. The molecule has 2 aromatic rings. The van der Waals surface area contributed by atoms with Gasteiger partial charge in [0.05, 0.1) is 5.69 Å². The summed E-state index contributed by atoms with van der Waals surface area (Å²) in [7, 11) is 0. The van der Waals surface area contributed by atoms with Gasteiger partial charge in [-0.2, -0.15) is 8.78 Å². The summed E-state index contributed by atoms with van der Waals surface area (Å²) in [5, 5.41) is 0. The number of rotatable bonds is 5. The Labute approximate surface area is 113 Å². The molecule has 0 saturated heterocycles. The van der Waals surface area contributed by atoms with E-state index in [1.54, 1.807) is 30.3 Å². The number of aromatic nitrogens is 1. The van der Waals surface area contributed by atoms with Gasteiger partial charge in [-0.25, -0.2) is 8.78 Å². The summed E-state index contributed by atoms with van der Waals surface area (Å²) >= 11 is 0. The Hall–Kier alpha value is -2.11. The summed E-state index contributed by atoms with van der Waals surface area (Å²) in [6.45, 7) is -1.39. The number of nitrogens with zero attached hydrogens (tertiary/aromatic N) is 1. The van der Waals surface area contributed by atoms with Gasteiger partial charge in [-0.05, 0) is 18.2 Å². The number of ether oxygens (including phenoxy) is 1. The van der Waals surface area contributed by atoms with E-state index in [0.717, 1.165) is 0 Å². The molecule has 1 aromatic carbocycles. The second kappa shape index (κ2) is 5.90. The van der Waals surface area contributed by atoms with Crippen molar-refractivity contribution < 1.29 is 22.3 Å². The Balaban J connectivity index is 2.22. The third-order valence-corrected chi connectivity index (χ3v) is 2.52. The minimum absolute atomic E-state index is 0.0755. The van der Waals surface area contributed by atoms with Crippen LogP contribution in [0.2, 0.25) is 0 Å². The first kappa shape index (κ1) is 14.3. The molecule has 0 bridgehead atoms. The van der Waals surface area contributed by atoms with E-state index in [4.69, 9.17) is 4.74 Å². The normalized spacial score (nSPS) is 11.7. The van der Waals surface area contributed by atoms with Crippen LogP contribution in [-0.2, 0) is 0 Å². The summed E-state index contributed by atoms with van der Waals surface area (Å²) in [5.41, 5.74) is 0.936. The van der Waals surface area contributed by atoms with Crippen molar-refractivity contribution in [3.05, 3.63) is 48.7 Å². The Bertz CT molecular complexity index is 560. The molecule has 20 heavy (non-hydrogen) atoms. The summed E-state index contributed by atoms with van der Waals surface area (Å²) in [5.74, 6) is -4.11. The van der Waals surface area contributed by atoms with E-state index in [1.165, 1.54) is 12.3 Å². The Kier molecular flexibility index (Phi) is 4.22. The van der Waals surface area contributed by atoms with Crippen LogP contribution in [0.1, 0.15) is 0 Å². The first-order valence-electron chi connectivity index (χ1n) is 5.71. The maximum Gasteiger partial charge on any atom is 0.340 e. The largest absolute Gasteiger partial charge is 0.486 e. The third kappa shape index (κ3) is 3.26. The average molecular weight is 284 g/mol. The first-order chi connectivity index (χ1) is 9.50. The highest BCUT2D eigenvalue weighted by Gasteiger charge is 2.41. The van der Waals surface area contributed by atoms with Gasteiger partial charge in [0.25, 0.3) is 0 Å². The molecule has 2 nitrogen and oxygen atoms in total. The fourth-order valence-corrected chi connectivity index (χ4v) is 1.52. The van der Waals surface area contributed by atoms with E-state index in [1.807, 2.05) is 0 Å². The molecule has 0 unspecified atom stereocenters. The number of para-hydroxylation sites is 1. The van der Waals surface area contributed by atoms with E-state index < -0.39 is 19.0 Å². The van der Waals surface area contributed by atoms with E-state index in [2.05, 4.69) is 11.1 Å². The molecule has 1 aromatic heterocycles. The van der Waals surface area contributed by atoms with Crippen LogP contribution >= 0.6 is 0 Å². The lowest BCUT2D eigenvalue weighted by Gasteiger charge is -2.17. The van der Waals surface area contributed by atoms with Gasteiger partial charge in [-0.15, -0.1) is 0 Å². The highest BCUT2D eigenvalue weighted by atomic mass is 19.3. The second-order valence-electron chi connectivity index (χ2n) is 3.99. The minimum atomic E-state index is -4.19. The predicted molar refractivity (Wildman–Crippen MR) is 65.0 cm³/mol. The number of hydrogen-bond donors (Lipinski definition) is 0. The zero-order valence-electron chi connectivity index (χ0n) is 10.2. The smallest absolute Gasteiger partial charge is 0.340 e. The lowest BCUT2D eigenvalue weighted by atomic mass is 10.1. The van der Waals surface area contributed by atoms with Gasteiger partial charge in [0.15, 0.2) is 6.61 Å². The van der Waals surface area contributed by atoms with Crippen LogP contribution < -0.4 is 4.74 Å². The van der Waals surface area contributed by atoms with E-state index in [9.17, 15) is 17.6 Å². The molecule has 2 rings (SSSR count). The monoisotopic (exact) mass is 284 g/mol. The maximum atomic E-state index is 12.9. The van der Waals surface area contributed by atoms with Crippen LogP contribution in [0.5, 0.6) is 5.75 Å². The van der Waals surface area contributed by atoms with Crippen LogP contribution in [0.15, 0.2) is 42.6 Å². The lowest BCUT2D eigenvalue weighted by Crippen LogP contribution is -2.33. The van der Waals surface area contributed by atoms with Crippen LogP contribution in [0.25, 0.3) is 11.3 Å². The molecule has 0 aliphatic rings. The second-order valence-corrected chi connectivity index (χ2v) is 3.99. The summed E-state index contributed by atoms with van der Waals surface area (Å²) in [6.07, 6.45) is -2.35. The van der Waals surface area contributed by atoms with Gasteiger partial charge in [0.1, 0.15) is 5.75 Å². The molecule has 0 saturated carbocycles. The molecule has 0 aliphatic carbocycles. The van der Waals surface area contributed by atoms with Crippen molar-refractivity contribution in [3.8, 4) is 17.0 Å². The van der Waals surface area contributed by atoms with Gasteiger partial charge in [0.2, 0.25) is 0 Å². The topological polar surface area (TPSA) is 22.1 Å². The highest BCUT2D eigenvalue weighted by Crippen LogP contribution is 2.30. The fourth-order valence-electron chi connectivity index (χ4n) is 1.52. The van der Waals surface area contributed by atoms with Gasteiger partial charge in [-0.1, -0.05) is 18.2 Å². The third-order valence-electron chi connectivity index (χ3n) is 2.52. The van der Waals surface area contributed by atoms with Crippen molar-refractivity contribution in [2.75, 3.05) is 6.61 Å². The molecular weight excluding hydrogens is 274 g/mol. The number of pyridine rings is 1. The molecule has 6 heteroatoms. The quantitative estimate of drug-likeness (QED) is 0.778. The van der Waals surface area contributed by atoms with Crippen molar-refractivity contribution in [1.29, 1.82) is 0 Å². The molecule has 0 amide bonds. The number of alkyl halides is 4. The van der Waals surface area contributed by atoms with Crippen molar-refractivity contribution in [3.63, 3.8) is 0 Å². The predicted octanol–water partition coefficient (Wildman–Crippen LogP) is 3.83. The van der Waals surface area contributed by atoms with Crippen LogP contribution in [-0.4, -0.2) is 23.9 Å². The Morgan fingerprint density at radius 1 is 1.20 bits per heavy atom. The van der Waals surface area contributed by atoms with E-state index in [0.29, 0.717) is 11.3 Å².